The zero-order valence-electron chi connectivity index (χ0n) is 18.9. The van der Waals surface area contributed by atoms with E-state index in [0.717, 1.165) is 32.1 Å². The van der Waals surface area contributed by atoms with Crippen molar-refractivity contribution in [2.24, 2.45) is 46.3 Å². The average Bonchev–Trinajstić information content (AvgIpc) is 3.04. The molecule has 0 amide bonds. The Morgan fingerprint density at radius 3 is 2.45 bits per heavy atom. The predicted molar refractivity (Wildman–Crippen MR) is 113 cm³/mol. The number of aliphatic hydroxyl groups is 2. The van der Waals surface area contributed by atoms with E-state index in [0.29, 0.717) is 47.3 Å². The first-order valence-electron chi connectivity index (χ1n) is 12.1. The molecule has 29 heavy (non-hydrogen) atoms. The summed E-state index contributed by atoms with van der Waals surface area (Å²) >= 11 is 0. The van der Waals surface area contributed by atoms with Gasteiger partial charge < -0.3 is 14.9 Å². The van der Waals surface area contributed by atoms with Gasteiger partial charge >= 0.3 is 5.97 Å². The first kappa shape index (κ1) is 21.6. The van der Waals surface area contributed by atoms with Crippen LogP contribution in [0.1, 0.15) is 85.0 Å². The highest BCUT2D eigenvalue weighted by Gasteiger charge is 2.62. The van der Waals surface area contributed by atoms with Crippen LogP contribution in [-0.2, 0) is 9.53 Å². The molecule has 0 heterocycles. The van der Waals surface area contributed by atoms with Crippen molar-refractivity contribution in [1.82, 2.24) is 0 Å². The molecule has 0 radical (unpaired) electrons. The van der Waals surface area contributed by atoms with Gasteiger partial charge in [0.15, 0.2) is 0 Å². The van der Waals surface area contributed by atoms with E-state index in [9.17, 15) is 15.0 Å². The van der Waals surface area contributed by atoms with E-state index in [1.54, 1.807) is 0 Å². The van der Waals surface area contributed by atoms with Crippen LogP contribution >= 0.6 is 0 Å². The van der Waals surface area contributed by atoms with Gasteiger partial charge in [-0.3, -0.25) is 4.79 Å². The molecular formula is C25H42O4. The Balaban J connectivity index is 1.53. The van der Waals surface area contributed by atoms with Crippen molar-refractivity contribution in [3.05, 3.63) is 0 Å². The quantitative estimate of drug-likeness (QED) is 0.671. The van der Waals surface area contributed by atoms with E-state index in [1.165, 1.54) is 32.8 Å². The molecule has 10 atom stereocenters. The Morgan fingerprint density at radius 2 is 1.72 bits per heavy atom. The van der Waals surface area contributed by atoms with Gasteiger partial charge in [0.2, 0.25) is 0 Å². The summed E-state index contributed by atoms with van der Waals surface area (Å²) in [4.78, 5) is 11.6. The van der Waals surface area contributed by atoms with Crippen LogP contribution in [0.3, 0.4) is 0 Å². The fourth-order valence-electron chi connectivity index (χ4n) is 8.82. The molecular weight excluding hydrogens is 364 g/mol. The maximum absolute atomic E-state index is 11.6. The first-order chi connectivity index (χ1) is 13.7. The van der Waals surface area contributed by atoms with Gasteiger partial charge in [0.1, 0.15) is 0 Å². The maximum atomic E-state index is 11.6. The van der Waals surface area contributed by atoms with E-state index in [2.05, 4.69) is 20.8 Å². The van der Waals surface area contributed by atoms with Gasteiger partial charge in [0, 0.05) is 6.42 Å². The third kappa shape index (κ3) is 3.46. The average molecular weight is 407 g/mol. The van der Waals surface area contributed by atoms with E-state index < -0.39 is 0 Å². The molecule has 4 saturated carbocycles. The van der Waals surface area contributed by atoms with E-state index >= 15 is 0 Å². The second-order valence-electron chi connectivity index (χ2n) is 11.5. The molecule has 4 fully saturated rings. The van der Waals surface area contributed by atoms with Crippen LogP contribution < -0.4 is 0 Å². The summed E-state index contributed by atoms with van der Waals surface area (Å²) in [6, 6.07) is 0. The SMILES string of the molecule is COC(=O)CCC(C)[C@H]1CC[C@H]2[C@@H]3[C@H](O)C[C@@H]4C[C@H](O)CC[C@]4(C)[C@H]3CC[C@]12C. The van der Waals surface area contributed by atoms with E-state index in [4.69, 9.17) is 4.74 Å². The number of carbonyl (C=O) groups excluding carboxylic acids is 1. The Bertz CT molecular complexity index is 620. The lowest BCUT2D eigenvalue weighted by Crippen LogP contribution is -2.58. The van der Waals surface area contributed by atoms with Crippen LogP contribution in [0.2, 0.25) is 0 Å². The Labute approximate surface area is 176 Å². The minimum Gasteiger partial charge on any atom is -0.469 e. The molecule has 166 valence electrons. The summed E-state index contributed by atoms with van der Waals surface area (Å²) in [5, 5.41) is 21.5. The third-order valence-electron chi connectivity index (χ3n) is 10.4. The van der Waals surface area contributed by atoms with Gasteiger partial charge in [-0.15, -0.1) is 0 Å². The molecule has 0 spiro atoms. The van der Waals surface area contributed by atoms with Crippen LogP contribution in [0.4, 0.5) is 0 Å². The number of ether oxygens (including phenoxy) is 1. The minimum atomic E-state index is -0.211. The van der Waals surface area contributed by atoms with Crippen molar-refractivity contribution in [2.75, 3.05) is 7.11 Å². The van der Waals surface area contributed by atoms with Gasteiger partial charge in [-0.25, -0.2) is 0 Å². The van der Waals surface area contributed by atoms with Crippen molar-refractivity contribution >= 4 is 5.97 Å². The number of carbonyl (C=O) groups is 1. The third-order valence-corrected chi connectivity index (χ3v) is 10.4. The Kier molecular flexibility index (Phi) is 5.83. The van der Waals surface area contributed by atoms with Crippen molar-refractivity contribution in [1.29, 1.82) is 0 Å². The number of hydrogen-bond acceptors (Lipinski definition) is 4. The van der Waals surface area contributed by atoms with Crippen molar-refractivity contribution in [3.8, 4) is 0 Å². The number of rotatable bonds is 4. The first-order valence-corrected chi connectivity index (χ1v) is 12.1. The van der Waals surface area contributed by atoms with Crippen molar-refractivity contribution < 1.29 is 19.7 Å². The van der Waals surface area contributed by atoms with Gasteiger partial charge in [0.05, 0.1) is 19.3 Å². The molecule has 0 aromatic carbocycles. The number of esters is 1. The van der Waals surface area contributed by atoms with Crippen molar-refractivity contribution in [2.45, 2.75) is 97.2 Å². The van der Waals surface area contributed by atoms with Crippen LogP contribution in [0.25, 0.3) is 0 Å². The lowest BCUT2D eigenvalue weighted by atomic mass is 9.43. The molecule has 4 heteroatoms. The van der Waals surface area contributed by atoms with Crippen LogP contribution in [0, 0.1) is 46.3 Å². The second-order valence-corrected chi connectivity index (χ2v) is 11.5. The second kappa shape index (κ2) is 7.82. The molecule has 0 aliphatic heterocycles. The van der Waals surface area contributed by atoms with Crippen LogP contribution in [0.5, 0.6) is 0 Å². The molecule has 0 bridgehead atoms. The summed E-state index contributed by atoms with van der Waals surface area (Å²) in [5.41, 5.74) is 0.577. The standard InChI is InChI=1S/C25H42O4/c1-15(5-8-22(28)29-4)18-6-7-19-23-20(10-12-25(18,19)3)24(2)11-9-17(26)13-16(24)14-21(23)27/h15-21,23,26-27H,5-14H2,1-4H3/t15?,16-,17+,18+,19-,20-,21+,23-,24-,25+/m0/s1. The summed E-state index contributed by atoms with van der Waals surface area (Å²) < 4.78 is 4.86. The number of hydrogen-bond donors (Lipinski definition) is 2. The lowest BCUT2D eigenvalue weighted by Gasteiger charge is -2.62. The van der Waals surface area contributed by atoms with E-state index in [1.807, 2.05) is 0 Å². The fourth-order valence-corrected chi connectivity index (χ4v) is 8.82. The number of fused-ring (bicyclic) bond motifs is 5. The minimum absolute atomic E-state index is 0.0959. The summed E-state index contributed by atoms with van der Waals surface area (Å²) in [6.07, 6.45) is 9.80. The molecule has 4 rings (SSSR count). The largest absolute Gasteiger partial charge is 0.469 e. The summed E-state index contributed by atoms with van der Waals surface area (Å²) in [7, 11) is 1.48. The highest BCUT2D eigenvalue weighted by Crippen LogP contribution is 2.68. The molecule has 4 aliphatic carbocycles. The molecule has 1 unspecified atom stereocenters. The van der Waals surface area contributed by atoms with E-state index in [-0.39, 0.29) is 23.6 Å². The number of methoxy groups -OCH3 is 1. The highest BCUT2D eigenvalue weighted by molar-refractivity contribution is 5.69. The Hall–Kier alpha value is -0.610. The molecule has 0 aromatic heterocycles. The summed E-state index contributed by atoms with van der Waals surface area (Å²) in [6.45, 7) is 7.29. The van der Waals surface area contributed by atoms with Crippen LogP contribution in [0.15, 0.2) is 0 Å². The van der Waals surface area contributed by atoms with Gasteiger partial charge in [-0.2, -0.15) is 0 Å². The monoisotopic (exact) mass is 406 g/mol. The molecule has 2 N–H and O–H groups in total. The van der Waals surface area contributed by atoms with Crippen LogP contribution in [-0.4, -0.2) is 35.5 Å². The molecule has 4 aliphatic rings. The van der Waals surface area contributed by atoms with Gasteiger partial charge in [-0.1, -0.05) is 20.8 Å². The number of aliphatic hydroxyl groups excluding tert-OH is 2. The normalized spacial score (nSPS) is 50.2. The molecule has 0 saturated heterocycles. The molecule has 0 aromatic rings. The van der Waals surface area contributed by atoms with Gasteiger partial charge in [0.25, 0.3) is 0 Å². The van der Waals surface area contributed by atoms with Gasteiger partial charge in [-0.05, 0) is 104 Å². The lowest BCUT2D eigenvalue weighted by molar-refractivity contribution is -0.174. The summed E-state index contributed by atoms with van der Waals surface area (Å²) in [5.74, 6) is 3.17. The zero-order chi connectivity index (χ0) is 21.0. The fraction of sp³-hybridized carbons (Fsp3) is 0.960. The molecule has 4 nitrogen and oxygen atoms in total. The smallest absolute Gasteiger partial charge is 0.305 e. The zero-order valence-corrected chi connectivity index (χ0v) is 18.9. The maximum Gasteiger partial charge on any atom is 0.305 e. The van der Waals surface area contributed by atoms with Crippen molar-refractivity contribution in [3.63, 3.8) is 0 Å². The highest BCUT2D eigenvalue weighted by atomic mass is 16.5. The topological polar surface area (TPSA) is 66.8 Å². The Morgan fingerprint density at radius 1 is 1.03 bits per heavy atom. The predicted octanol–water partition coefficient (Wildman–Crippen LogP) is 4.57.